The largest absolute Gasteiger partial charge is 1.00 e. The molecule has 0 atom stereocenters. The molecule has 0 unspecified atom stereocenters. The van der Waals surface area contributed by atoms with Gasteiger partial charge in [0.1, 0.15) is 43.2 Å². The molecule has 0 amide bonds. The van der Waals surface area contributed by atoms with Crippen LogP contribution in [0.5, 0.6) is 17.2 Å². The number of hydrogen-bond acceptors (Lipinski definition) is 18. The van der Waals surface area contributed by atoms with Gasteiger partial charge in [-0.05, 0) is 68.8 Å². The molecule has 272 valence electrons. The minimum Gasteiger partial charge on any atom is -0.744 e. The van der Waals surface area contributed by atoms with Gasteiger partial charge in [-0.3, -0.25) is 0 Å². The molecule has 6 rings (SSSR count). The van der Waals surface area contributed by atoms with Crippen molar-refractivity contribution in [2.45, 2.75) is 9.79 Å². The van der Waals surface area contributed by atoms with Crippen LogP contribution in [-0.2, 0) is 47.9 Å². The van der Waals surface area contributed by atoms with Crippen LogP contribution < -0.4 is 88.7 Å². The van der Waals surface area contributed by atoms with Crippen LogP contribution in [0.15, 0.2) is 116 Å². The summed E-state index contributed by atoms with van der Waals surface area (Å²) in [7, 11) is -12.2. The Bertz CT molecular complexity index is 2540. The average molecular weight is 881 g/mol. The van der Waals surface area contributed by atoms with Gasteiger partial charge < -0.3 is 24.4 Å². The molecular weight excluding hydrogens is 863 g/mol. The summed E-state index contributed by atoms with van der Waals surface area (Å²) in [6.07, 6.45) is 0. The first-order valence-electron chi connectivity index (χ1n) is 13.2. The Kier molecular flexibility index (Phi) is 23.8. The van der Waals surface area contributed by atoms with Crippen LogP contribution in [0.3, 0.4) is 0 Å². The Morgan fingerprint density at radius 1 is 0.527 bits per heavy atom. The molecule has 0 spiro atoms. The van der Waals surface area contributed by atoms with Crippen molar-refractivity contribution in [3.63, 3.8) is 0 Å². The summed E-state index contributed by atoms with van der Waals surface area (Å²) in [4.78, 5) is 30.7. The van der Waals surface area contributed by atoms with Crippen LogP contribution >= 0.6 is 0 Å². The molecule has 0 saturated heterocycles. The number of aromatic hydroxyl groups is 3. The Balaban J connectivity index is 0. The second kappa shape index (κ2) is 24.1. The molecule has 3 N–H and O–H groups in total. The fraction of sp³-hybridized carbons (Fsp3) is 0. The molecule has 0 aromatic heterocycles. The Morgan fingerprint density at radius 2 is 0.836 bits per heavy atom. The number of nitroso groups, excluding NO2 is 3. The maximum Gasteiger partial charge on any atom is 1.00 e. The van der Waals surface area contributed by atoms with Crippen molar-refractivity contribution in [1.29, 1.82) is 0 Å². The number of fused-ring (bicyclic) bond motifs is 3. The molecular formula is C30H18FeN3Na3O15S3. The topological polar surface area (TPSA) is 315 Å². The van der Waals surface area contributed by atoms with Crippen LogP contribution in [0.25, 0.3) is 32.3 Å². The Labute approximate surface area is 389 Å². The van der Waals surface area contributed by atoms with Gasteiger partial charge in [0.05, 0.1) is 9.79 Å². The monoisotopic (exact) mass is 881 g/mol. The minimum absolute atomic E-state index is 0. The van der Waals surface area contributed by atoms with Crippen LogP contribution in [0, 0.1) is 20.8 Å². The van der Waals surface area contributed by atoms with Crippen LogP contribution in [0.4, 0.5) is 17.1 Å². The molecule has 25 heteroatoms. The van der Waals surface area contributed by atoms with Crippen molar-refractivity contribution in [1.82, 2.24) is 0 Å². The van der Waals surface area contributed by atoms with Crippen LogP contribution in [0.2, 0.25) is 0 Å². The summed E-state index contributed by atoms with van der Waals surface area (Å²) < 4.78 is 90.2. The van der Waals surface area contributed by atoms with Crippen LogP contribution in [-0.4, -0.2) is 53.9 Å². The van der Waals surface area contributed by atoms with Gasteiger partial charge in [0.15, 0.2) is 11.4 Å². The summed E-state index contributed by atoms with van der Waals surface area (Å²) in [6.45, 7) is 0. The number of benzene rings is 6. The van der Waals surface area contributed by atoms with Gasteiger partial charge in [0, 0.05) is 27.8 Å². The van der Waals surface area contributed by atoms with Crippen molar-refractivity contribution >= 4 is 80.2 Å². The molecule has 0 saturated carbocycles. The first-order chi connectivity index (χ1) is 23.9. The zero-order valence-electron chi connectivity index (χ0n) is 28.3. The van der Waals surface area contributed by atoms with E-state index in [2.05, 4.69) is 21.6 Å². The SMILES string of the molecule is O=Nc1c(O)ccc2c[c-]ccc12.O=Nc1c(O)ccc2cc(S(=O)(=O)[O-])ccc12.O=Nc1c(O)ccc2cc(S(=O)(=O)[O-])ccc12.O=S(=O)=O.[Fe].[Na+].[Na+].[Na+]. The fourth-order valence-electron chi connectivity index (χ4n) is 4.34. The number of phenolic OH excluding ortho intramolecular Hbond substituents is 3. The van der Waals surface area contributed by atoms with E-state index in [-0.39, 0.29) is 151 Å². The molecule has 0 fully saturated rings. The molecule has 0 radical (unpaired) electrons. The zero-order chi connectivity index (χ0) is 38.1. The van der Waals surface area contributed by atoms with E-state index < -0.39 is 40.6 Å². The van der Waals surface area contributed by atoms with E-state index in [1.54, 1.807) is 24.3 Å². The molecule has 0 heterocycles. The third-order valence-corrected chi connectivity index (χ3v) is 8.21. The predicted molar refractivity (Wildman–Crippen MR) is 178 cm³/mol. The van der Waals surface area contributed by atoms with Crippen LogP contribution in [0.1, 0.15) is 0 Å². The van der Waals surface area contributed by atoms with Crippen molar-refractivity contribution in [3.8, 4) is 17.2 Å². The first kappa shape index (κ1) is 54.4. The van der Waals surface area contributed by atoms with Gasteiger partial charge in [-0.15, -0.1) is 38.8 Å². The first-order valence-corrected chi connectivity index (χ1v) is 17.1. The molecule has 18 nitrogen and oxygen atoms in total. The Hall–Kier alpha value is -2.74. The molecule has 0 aliphatic heterocycles. The zero-order valence-corrected chi connectivity index (χ0v) is 37.9. The quantitative estimate of drug-likeness (QED) is 0.0653. The Morgan fingerprint density at radius 3 is 1.15 bits per heavy atom. The van der Waals surface area contributed by atoms with Crippen molar-refractivity contribution < 1.29 is 160 Å². The molecule has 6 aromatic carbocycles. The summed E-state index contributed by atoms with van der Waals surface area (Å²) in [6, 6.07) is 23.3. The molecule has 0 bridgehead atoms. The van der Waals surface area contributed by atoms with E-state index in [4.69, 9.17) is 12.6 Å². The fourth-order valence-corrected chi connectivity index (χ4v) is 5.35. The third-order valence-electron chi connectivity index (χ3n) is 6.55. The van der Waals surface area contributed by atoms with E-state index in [0.717, 1.165) is 29.7 Å². The third kappa shape index (κ3) is 14.9. The predicted octanol–water partition coefficient (Wildman–Crippen LogP) is -3.56. The van der Waals surface area contributed by atoms with Gasteiger partial charge in [-0.25, -0.2) is 16.8 Å². The maximum atomic E-state index is 10.8. The van der Waals surface area contributed by atoms with Gasteiger partial charge in [-0.1, -0.05) is 29.7 Å². The maximum absolute atomic E-state index is 10.8. The van der Waals surface area contributed by atoms with Gasteiger partial charge in [0.2, 0.25) is 0 Å². The summed E-state index contributed by atoms with van der Waals surface area (Å²) in [5.41, 5.74) is -0.277. The van der Waals surface area contributed by atoms with Crippen molar-refractivity contribution in [3.05, 3.63) is 112 Å². The van der Waals surface area contributed by atoms with E-state index >= 15 is 0 Å². The summed E-state index contributed by atoms with van der Waals surface area (Å²) >= 11 is 0. The van der Waals surface area contributed by atoms with Crippen molar-refractivity contribution in [2.75, 3.05) is 0 Å². The molecule has 0 aliphatic carbocycles. The molecule has 0 aliphatic rings. The number of rotatable bonds is 5. The normalized spacial score (nSPS) is 10.0. The van der Waals surface area contributed by atoms with E-state index in [1.165, 1.54) is 42.5 Å². The standard InChI is InChI=1S/2C10H7NO5S.C10H6NO2.Fe.3Na.O3S/c2*12-9-4-1-6-5-7(17(14,15)16)2-3-8(6)10(9)11-13;12-9-6-5-7-3-1-2-4-8(7)10(9)11-13;;;;;1-4(2)3/h2*1-5,12H,(H,14,15,16);2-6,12H;;;;;/q;;-1;;3*+1;/p-2. The summed E-state index contributed by atoms with van der Waals surface area (Å²) in [5, 5.41) is 38.9. The number of phenols is 3. The molecule has 6 aromatic rings. The van der Waals surface area contributed by atoms with Gasteiger partial charge in [-0.2, -0.15) is 24.3 Å². The average Bonchev–Trinajstić information content (AvgIpc) is 3.07. The summed E-state index contributed by atoms with van der Waals surface area (Å²) in [5.74, 6) is -0.691. The van der Waals surface area contributed by atoms with Gasteiger partial charge in [0.25, 0.3) is 0 Å². The number of nitrogens with zero attached hydrogens (tertiary/aromatic N) is 3. The van der Waals surface area contributed by atoms with E-state index in [9.17, 15) is 56.0 Å². The smallest absolute Gasteiger partial charge is 0.744 e. The number of hydrogen-bond donors (Lipinski definition) is 3. The van der Waals surface area contributed by atoms with E-state index in [0.29, 0.717) is 16.2 Å². The second-order valence-corrected chi connectivity index (χ2v) is 12.8. The van der Waals surface area contributed by atoms with Crippen molar-refractivity contribution in [2.24, 2.45) is 15.5 Å². The molecule has 55 heavy (non-hydrogen) atoms. The van der Waals surface area contributed by atoms with Gasteiger partial charge >= 0.3 is 99.3 Å². The second-order valence-electron chi connectivity index (χ2n) is 9.60. The minimum atomic E-state index is -4.55. The van der Waals surface area contributed by atoms with E-state index in [1.807, 2.05) is 0 Å².